The summed E-state index contributed by atoms with van der Waals surface area (Å²) in [6.45, 7) is 18.5. The van der Waals surface area contributed by atoms with Crippen molar-refractivity contribution in [3.8, 4) is 11.1 Å². The fourth-order valence-electron chi connectivity index (χ4n) is 4.13. The maximum atomic E-state index is 4.93. The van der Waals surface area contributed by atoms with E-state index in [-0.39, 0.29) is 0 Å². The van der Waals surface area contributed by atoms with Crippen molar-refractivity contribution in [2.75, 3.05) is 0 Å². The first-order valence-electron chi connectivity index (χ1n) is 11.5. The Kier molecular flexibility index (Phi) is 10.5. The van der Waals surface area contributed by atoms with Crippen LogP contribution >= 0.6 is 17.0 Å². The molecule has 0 aliphatic carbocycles. The zero-order valence-electron chi connectivity index (χ0n) is 20.3. The summed E-state index contributed by atoms with van der Waals surface area (Å²) in [6, 6.07) is 16.8. The molecule has 0 amide bonds. The van der Waals surface area contributed by atoms with Gasteiger partial charge in [-0.15, -0.1) is 34.5 Å². The Morgan fingerprint density at radius 3 is 1.81 bits per heavy atom. The zero-order valence-corrected chi connectivity index (χ0v) is 24.3. The van der Waals surface area contributed by atoms with Crippen LogP contribution in [0.4, 0.5) is 0 Å². The van der Waals surface area contributed by atoms with Crippen LogP contribution in [0, 0.1) is 0 Å². The van der Waals surface area contributed by atoms with E-state index in [1.54, 1.807) is 0 Å². The van der Waals surface area contributed by atoms with Gasteiger partial charge in [-0.1, -0.05) is 91.1 Å². The number of rotatable bonds is 6. The van der Waals surface area contributed by atoms with E-state index in [4.69, 9.17) is 17.0 Å². The third-order valence-corrected chi connectivity index (χ3v) is 6.35. The van der Waals surface area contributed by atoms with Crippen LogP contribution in [0.25, 0.3) is 21.9 Å². The average molecular weight is 536 g/mol. The van der Waals surface area contributed by atoms with E-state index in [0.717, 1.165) is 0 Å². The molecule has 0 radical (unpaired) electrons. The molecule has 0 saturated heterocycles. The minimum atomic E-state index is -0.826. The summed E-state index contributed by atoms with van der Waals surface area (Å²) in [4.78, 5) is 0. The van der Waals surface area contributed by atoms with Gasteiger partial charge < -0.3 is 0 Å². The molecule has 0 heterocycles. The zero-order chi connectivity index (χ0) is 23.3. The van der Waals surface area contributed by atoms with Gasteiger partial charge in [-0.3, -0.25) is 0 Å². The van der Waals surface area contributed by atoms with E-state index < -0.39 is 20.8 Å². The second kappa shape index (κ2) is 12.1. The van der Waals surface area contributed by atoms with Crippen LogP contribution in [0.5, 0.6) is 0 Å². The van der Waals surface area contributed by atoms with Crippen molar-refractivity contribution < 1.29 is 20.8 Å². The third kappa shape index (κ3) is 6.53. The Labute approximate surface area is 208 Å². The Bertz CT molecular complexity index is 956. The molecule has 0 saturated carbocycles. The van der Waals surface area contributed by atoms with Crippen molar-refractivity contribution >= 4 is 27.8 Å². The van der Waals surface area contributed by atoms with Gasteiger partial charge >= 0.3 is 37.9 Å². The molecule has 3 rings (SSSR count). The molecule has 3 aromatic carbocycles. The Morgan fingerprint density at radius 1 is 0.806 bits per heavy atom. The van der Waals surface area contributed by atoms with E-state index in [2.05, 4.69) is 97.9 Å². The van der Waals surface area contributed by atoms with E-state index in [9.17, 15) is 0 Å². The maximum absolute atomic E-state index is 4.93. The fourth-order valence-corrected chi connectivity index (χ4v) is 4.13. The third-order valence-electron chi connectivity index (χ3n) is 6.35. The normalized spacial score (nSPS) is 12.4. The first-order valence-corrected chi connectivity index (χ1v) is 17.8. The molecular formula is C28H37Cl2Zr-. The van der Waals surface area contributed by atoms with Crippen LogP contribution in [-0.4, -0.2) is 0 Å². The van der Waals surface area contributed by atoms with Gasteiger partial charge in [0.05, 0.1) is 0 Å². The molecule has 31 heavy (non-hydrogen) atoms. The number of halogens is 2. The number of benzene rings is 2. The number of hydrogen-bond donors (Lipinski definition) is 0. The molecule has 0 aliphatic heterocycles. The molecule has 0 spiro atoms. The van der Waals surface area contributed by atoms with E-state index in [1.165, 1.54) is 50.6 Å². The first-order chi connectivity index (χ1) is 14.6. The van der Waals surface area contributed by atoms with Crippen LogP contribution in [0.2, 0.25) is 0 Å². The summed E-state index contributed by atoms with van der Waals surface area (Å²) in [5, 5.41) is 2.81. The van der Waals surface area contributed by atoms with Crippen LogP contribution in [0.1, 0.15) is 108 Å². The molecule has 0 bridgehead atoms. The summed E-state index contributed by atoms with van der Waals surface area (Å²) in [7, 11) is 9.87. The Balaban J connectivity index is 0.00000107. The predicted molar refractivity (Wildman–Crippen MR) is 138 cm³/mol. The van der Waals surface area contributed by atoms with Gasteiger partial charge in [0, 0.05) is 0 Å². The molecule has 3 heteroatoms. The summed E-state index contributed by atoms with van der Waals surface area (Å²) >= 11 is -0.826. The Morgan fingerprint density at radius 2 is 1.35 bits per heavy atom. The minimum absolute atomic E-state index is 0.506. The predicted octanol–water partition coefficient (Wildman–Crippen LogP) is 10.5. The van der Waals surface area contributed by atoms with Crippen molar-refractivity contribution in [2.24, 2.45) is 0 Å². The quantitative estimate of drug-likeness (QED) is 0.275. The van der Waals surface area contributed by atoms with Crippen LogP contribution in [0.3, 0.4) is 0 Å². The standard InChI is InChI=1S/C28H37.2ClH.Zr/c1-9-20(8)24-12-21-10-11-26(19(6)7)28(27(21)16-24)25-14-22(17(2)3)13-23(15-25)18(4)5;;;/h10-20H,9H2,1-8H3;2*1H;/q-1;;;+2/p-2. The van der Waals surface area contributed by atoms with Gasteiger partial charge in [-0.25, -0.2) is 0 Å². The Hall–Kier alpha value is -0.487. The average Bonchev–Trinajstić information content (AvgIpc) is 3.16. The van der Waals surface area contributed by atoms with Crippen molar-refractivity contribution in [3.63, 3.8) is 0 Å². The van der Waals surface area contributed by atoms with Gasteiger partial charge in [-0.05, 0) is 40.4 Å². The SMILES string of the molecule is CCC(C)c1cc2c(-c3cc(C(C)C)cc(C(C)C)c3)c(C(C)C)ccc2[cH-]1.[Cl][Zr][Cl]. The topological polar surface area (TPSA) is 0 Å². The molecule has 0 aliphatic rings. The molecule has 1 atom stereocenters. The molecule has 0 N–H and O–H groups in total. The van der Waals surface area contributed by atoms with Crippen molar-refractivity contribution in [1.82, 2.24) is 0 Å². The van der Waals surface area contributed by atoms with Gasteiger partial charge in [0.1, 0.15) is 0 Å². The summed E-state index contributed by atoms with van der Waals surface area (Å²) < 4.78 is 0. The van der Waals surface area contributed by atoms with Crippen LogP contribution in [-0.2, 0) is 20.8 Å². The molecule has 1 unspecified atom stereocenters. The molecule has 3 aromatic rings. The van der Waals surface area contributed by atoms with Crippen LogP contribution < -0.4 is 0 Å². The van der Waals surface area contributed by atoms with Gasteiger partial charge in [0.15, 0.2) is 0 Å². The van der Waals surface area contributed by atoms with Crippen molar-refractivity contribution in [2.45, 2.75) is 85.5 Å². The van der Waals surface area contributed by atoms with E-state index in [0.29, 0.717) is 23.7 Å². The fraction of sp³-hybridized carbons (Fsp3) is 0.464. The van der Waals surface area contributed by atoms with Gasteiger partial charge in [-0.2, -0.15) is 6.07 Å². The van der Waals surface area contributed by atoms with Crippen molar-refractivity contribution in [1.29, 1.82) is 0 Å². The van der Waals surface area contributed by atoms with E-state index >= 15 is 0 Å². The number of hydrogen-bond acceptors (Lipinski definition) is 0. The van der Waals surface area contributed by atoms with Gasteiger partial charge in [0.25, 0.3) is 0 Å². The molecule has 0 aromatic heterocycles. The van der Waals surface area contributed by atoms with Crippen LogP contribution in [0.15, 0.2) is 42.5 Å². The van der Waals surface area contributed by atoms with Gasteiger partial charge in [0.2, 0.25) is 0 Å². The second-order valence-corrected chi connectivity index (χ2v) is 13.3. The first kappa shape index (κ1) is 26.8. The summed E-state index contributed by atoms with van der Waals surface area (Å²) in [5.74, 6) is 2.19. The second-order valence-electron chi connectivity index (χ2n) is 9.55. The summed E-state index contributed by atoms with van der Waals surface area (Å²) in [5.41, 5.74) is 8.67. The molecule has 0 fully saturated rings. The summed E-state index contributed by atoms with van der Waals surface area (Å²) in [6.07, 6.45) is 1.18. The molecular weight excluding hydrogens is 498 g/mol. The monoisotopic (exact) mass is 533 g/mol. The number of fused-ring (bicyclic) bond motifs is 1. The van der Waals surface area contributed by atoms with E-state index in [1.807, 2.05) is 0 Å². The van der Waals surface area contributed by atoms with Crippen molar-refractivity contribution in [3.05, 3.63) is 64.7 Å². The molecule has 0 nitrogen and oxygen atoms in total. The molecule has 168 valence electrons.